The molecule has 6 heteroatoms. The zero-order valence-electron chi connectivity index (χ0n) is 26.5. The van der Waals surface area contributed by atoms with Gasteiger partial charge in [0.25, 0.3) is 0 Å². The summed E-state index contributed by atoms with van der Waals surface area (Å²) in [5.41, 5.74) is 3.04. The molecule has 0 saturated carbocycles. The third kappa shape index (κ3) is 8.82. The number of hydrogen-bond donors (Lipinski definition) is 0. The van der Waals surface area contributed by atoms with Gasteiger partial charge in [-0.25, -0.2) is 0 Å². The van der Waals surface area contributed by atoms with Crippen LogP contribution in [-0.4, -0.2) is 63.4 Å². The molecule has 228 valence electrons. The molecule has 5 rings (SSSR count). The molecule has 4 nitrogen and oxygen atoms in total. The molecule has 2 radical (unpaired) electrons. The fraction of sp³-hybridized carbons (Fsp3) is 0.351. The van der Waals surface area contributed by atoms with Gasteiger partial charge < -0.3 is 14.6 Å². The molecule has 4 aromatic carbocycles. The SMILES string of the molecule is CC(C)(C)c1cc(CN2CCOCC2)c([O-])c(C(C)(C)C)c1.[HH].[HH].[O-][Si](c1ccccc1)(c1ccccc1)c1ccccc1.[Sn+2]. The van der Waals surface area contributed by atoms with E-state index < -0.39 is 8.32 Å². The topological polar surface area (TPSA) is 58.6 Å². The molecular formula is C37H49NO3SiSn. The molecule has 1 heterocycles. The first-order valence-electron chi connectivity index (χ1n) is 14.9. The van der Waals surface area contributed by atoms with Gasteiger partial charge in [-0.3, -0.25) is 4.90 Å². The third-order valence-electron chi connectivity index (χ3n) is 7.88. The van der Waals surface area contributed by atoms with Gasteiger partial charge in [0.1, 0.15) is 0 Å². The number of morpholine rings is 1. The number of ether oxygens (including phenoxy) is 1. The molecule has 0 atom stereocenters. The molecule has 4 aromatic rings. The Hall–Kier alpha value is -2.42. The van der Waals surface area contributed by atoms with Crippen molar-refractivity contribution in [2.24, 2.45) is 0 Å². The molecule has 1 saturated heterocycles. The van der Waals surface area contributed by atoms with Crippen LogP contribution in [0.4, 0.5) is 0 Å². The molecule has 1 aliphatic heterocycles. The van der Waals surface area contributed by atoms with E-state index in [0.29, 0.717) is 0 Å². The van der Waals surface area contributed by atoms with Crippen LogP contribution in [0.1, 0.15) is 61.1 Å². The van der Waals surface area contributed by atoms with Gasteiger partial charge in [0.05, 0.1) is 21.5 Å². The Kier molecular flexibility index (Phi) is 12.3. The van der Waals surface area contributed by atoms with E-state index in [9.17, 15) is 9.90 Å². The van der Waals surface area contributed by atoms with E-state index in [1.165, 1.54) is 5.56 Å². The van der Waals surface area contributed by atoms with Gasteiger partial charge in [-0.15, -0.1) is 5.75 Å². The minimum atomic E-state index is -3.13. The molecule has 1 aliphatic rings. The van der Waals surface area contributed by atoms with E-state index in [0.717, 1.165) is 59.5 Å². The van der Waals surface area contributed by atoms with Crippen molar-refractivity contribution in [2.75, 3.05) is 26.3 Å². The largest absolute Gasteiger partial charge is 2.00 e. The van der Waals surface area contributed by atoms with E-state index in [4.69, 9.17) is 4.74 Å². The van der Waals surface area contributed by atoms with Crippen LogP contribution in [0.15, 0.2) is 103 Å². The number of rotatable bonds is 5. The summed E-state index contributed by atoms with van der Waals surface area (Å²) in [4.78, 5) is 16.2. The molecule has 0 N–H and O–H groups in total. The molecule has 0 bridgehead atoms. The average Bonchev–Trinajstić information content (AvgIpc) is 2.99. The summed E-state index contributed by atoms with van der Waals surface area (Å²) in [7, 11) is -3.13. The third-order valence-corrected chi connectivity index (χ3v) is 11.3. The van der Waals surface area contributed by atoms with Crippen LogP contribution >= 0.6 is 0 Å². The van der Waals surface area contributed by atoms with Crippen LogP contribution in [0.25, 0.3) is 0 Å². The molecular weight excluding hydrogens is 653 g/mol. The van der Waals surface area contributed by atoms with Gasteiger partial charge in [0.15, 0.2) is 0 Å². The first kappa shape index (κ1) is 35.1. The summed E-state index contributed by atoms with van der Waals surface area (Å²) in [6.07, 6.45) is 0. The molecule has 1 fully saturated rings. The van der Waals surface area contributed by atoms with Crippen molar-refractivity contribution in [3.8, 4) is 5.75 Å². The molecule has 0 amide bonds. The maximum absolute atomic E-state index is 13.8. The number of nitrogens with zero attached hydrogens (tertiary/aromatic N) is 1. The second kappa shape index (κ2) is 15.0. The van der Waals surface area contributed by atoms with Gasteiger partial charge in [0, 0.05) is 22.5 Å². The summed E-state index contributed by atoms with van der Waals surface area (Å²) in [6.45, 7) is 17.0. The molecule has 0 aliphatic carbocycles. The van der Waals surface area contributed by atoms with Crippen molar-refractivity contribution in [1.82, 2.24) is 4.90 Å². The number of hydrogen-bond acceptors (Lipinski definition) is 4. The van der Waals surface area contributed by atoms with Crippen molar-refractivity contribution < 1.29 is 17.5 Å². The molecule has 0 aromatic heterocycles. The van der Waals surface area contributed by atoms with Crippen LogP contribution in [0.2, 0.25) is 0 Å². The second-order valence-corrected chi connectivity index (χ2v) is 16.3. The van der Waals surface area contributed by atoms with E-state index in [1.54, 1.807) is 0 Å². The Morgan fingerprint density at radius 3 is 1.49 bits per heavy atom. The van der Waals surface area contributed by atoms with Crippen LogP contribution < -0.4 is 25.5 Å². The van der Waals surface area contributed by atoms with Crippen LogP contribution in [0.5, 0.6) is 5.75 Å². The maximum atomic E-state index is 13.8. The Morgan fingerprint density at radius 2 is 1.12 bits per heavy atom. The van der Waals surface area contributed by atoms with Gasteiger partial charge in [-0.05, 0) is 27.5 Å². The fourth-order valence-electron chi connectivity index (χ4n) is 5.32. The zero-order valence-corrected chi connectivity index (χ0v) is 30.4. The van der Waals surface area contributed by atoms with Gasteiger partial charge in [-0.2, -0.15) is 0 Å². The fourth-order valence-corrected chi connectivity index (χ4v) is 8.30. The second-order valence-electron chi connectivity index (χ2n) is 13.2. The van der Waals surface area contributed by atoms with Crippen molar-refractivity contribution >= 4 is 47.8 Å². The zero-order chi connectivity index (χ0) is 30.4. The van der Waals surface area contributed by atoms with Gasteiger partial charge >= 0.3 is 23.9 Å². The van der Waals surface area contributed by atoms with Gasteiger partial charge in [-0.1, -0.05) is 160 Å². The quantitative estimate of drug-likeness (QED) is 0.230. The molecule has 0 spiro atoms. The summed E-state index contributed by atoms with van der Waals surface area (Å²) >= 11 is 0. The van der Waals surface area contributed by atoms with Crippen LogP contribution in [0, 0.1) is 0 Å². The van der Waals surface area contributed by atoms with E-state index in [1.807, 2.05) is 91.0 Å². The molecule has 0 unspecified atom stereocenters. The predicted molar refractivity (Wildman–Crippen MR) is 183 cm³/mol. The van der Waals surface area contributed by atoms with E-state index in [-0.39, 0.29) is 43.3 Å². The van der Waals surface area contributed by atoms with Crippen LogP contribution in [-0.2, 0) is 22.1 Å². The Labute approximate surface area is 279 Å². The van der Waals surface area contributed by atoms with Crippen molar-refractivity contribution in [2.45, 2.75) is 58.9 Å². The van der Waals surface area contributed by atoms with E-state index >= 15 is 0 Å². The Morgan fingerprint density at radius 1 is 0.698 bits per heavy atom. The summed E-state index contributed by atoms with van der Waals surface area (Å²) in [6, 6.07) is 33.5. The summed E-state index contributed by atoms with van der Waals surface area (Å²) in [5.74, 6) is 0.215. The predicted octanol–water partition coefficient (Wildman–Crippen LogP) is 4.31. The monoisotopic (exact) mass is 703 g/mol. The van der Waals surface area contributed by atoms with Gasteiger partial charge in [0.2, 0.25) is 0 Å². The minimum absolute atomic E-state index is 0. The minimum Gasteiger partial charge on any atom is -0.872 e. The van der Waals surface area contributed by atoms with Crippen molar-refractivity contribution in [1.29, 1.82) is 0 Å². The van der Waals surface area contributed by atoms with E-state index in [2.05, 4.69) is 58.6 Å². The summed E-state index contributed by atoms with van der Waals surface area (Å²) in [5, 5.41) is 15.6. The first-order valence-corrected chi connectivity index (χ1v) is 16.8. The number of benzene rings is 4. The Balaban J connectivity index is 0.000000423. The van der Waals surface area contributed by atoms with Crippen LogP contribution in [0.3, 0.4) is 0 Å². The maximum Gasteiger partial charge on any atom is 2.00 e. The molecule has 43 heavy (non-hydrogen) atoms. The van der Waals surface area contributed by atoms with Crippen molar-refractivity contribution in [3.63, 3.8) is 0 Å². The first-order chi connectivity index (χ1) is 19.9. The Bertz CT molecular complexity index is 1330. The average molecular weight is 703 g/mol. The summed E-state index contributed by atoms with van der Waals surface area (Å²) < 4.78 is 5.40. The van der Waals surface area contributed by atoms with Crippen molar-refractivity contribution in [3.05, 3.63) is 120 Å². The normalized spacial score (nSPS) is 14.3. The smallest absolute Gasteiger partial charge is 0.872 e. The standard InChI is InChI=1S/C19H31NO2.C18H15OSi.Sn.2H2/c1-18(2,3)15-11-14(13-20-7-9-22-10-8-20)17(21)16(12-15)19(4,5)6;19-20(16-10-4-1-5-11-16,17-12-6-2-7-13-17)18-14-8-3-9-15-18;;;/h11-12,21H,7-10,13H2,1-6H3;1-15H;;2*1H/q;-1;+2;;/p-1.